The lowest BCUT2D eigenvalue weighted by atomic mass is 9.96. The van der Waals surface area contributed by atoms with E-state index >= 15 is 0 Å². The van der Waals surface area contributed by atoms with E-state index in [0.29, 0.717) is 12.0 Å². The molecule has 2 unspecified atom stereocenters. The lowest BCUT2D eigenvalue weighted by Crippen LogP contribution is -2.45. The van der Waals surface area contributed by atoms with Gasteiger partial charge in [-0.15, -0.1) is 0 Å². The summed E-state index contributed by atoms with van der Waals surface area (Å²) < 4.78 is 10.8. The second-order valence-corrected chi connectivity index (χ2v) is 5.10. The lowest BCUT2D eigenvalue weighted by molar-refractivity contribution is -0.00446. The topological polar surface area (TPSA) is 37.6 Å². The van der Waals surface area contributed by atoms with Gasteiger partial charge in [0.2, 0.25) is 0 Å². The molecule has 2 rings (SSSR count). The maximum absolute atomic E-state index is 5.52. The predicted molar refractivity (Wildman–Crippen MR) is 71.4 cm³/mol. The van der Waals surface area contributed by atoms with Crippen LogP contribution >= 0.6 is 0 Å². The average molecular weight is 252 g/mol. The van der Waals surface area contributed by atoms with E-state index in [1.165, 1.54) is 13.0 Å². The summed E-state index contributed by atoms with van der Waals surface area (Å²) in [5.41, 5.74) is 0. The third-order valence-corrected chi connectivity index (χ3v) is 3.76. The summed E-state index contributed by atoms with van der Waals surface area (Å²) in [4.78, 5) is 2.48. The second kappa shape index (κ2) is 6.92. The Labute approximate surface area is 109 Å². The first-order valence-corrected chi connectivity index (χ1v) is 6.78. The van der Waals surface area contributed by atoms with Crippen molar-refractivity contribution < 1.29 is 9.15 Å². The highest BCUT2D eigenvalue weighted by Gasteiger charge is 2.25. The Morgan fingerprint density at radius 1 is 1.56 bits per heavy atom. The van der Waals surface area contributed by atoms with Gasteiger partial charge in [0.1, 0.15) is 5.76 Å². The molecule has 1 aromatic rings. The highest BCUT2D eigenvalue weighted by atomic mass is 16.5. The fourth-order valence-corrected chi connectivity index (χ4v) is 2.47. The van der Waals surface area contributed by atoms with Gasteiger partial charge in [-0.3, -0.25) is 4.90 Å². The third-order valence-electron chi connectivity index (χ3n) is 3.76. The van der Waals surface area contributed by atoms with Crippen LogP contribution in [0.4, 0.5) is 0 Å². The maximum Gasteiger partial charge on any atom is 0.117 e. The van der Waals surface area contributed by atoms with Crippen molar-refractivity contribution >= 4 is 0 Å². The molecule has 2 heterocycles. The van der Waals surface area contributed by atoms with Crippen LogP contribution in [-0.4, -0.2) is 44.3 Å². The van der Waals surface area contributed by atoms with Crippen molar-refractivity contribution in [3.63, 3.8) is 0 Å². The second-order valence-electron chi connectivity index (χ2n) is 5.10. The molecular weight excluding hydrogens is 228 g/mol. The zero-order valence-electron chi connectivity index (χ0n) is 11.4. The van der Waals surface area contributed by atoms with Crippen LogP contribution in [0.2, 0.25) is 0 Å². The van der Waals surface area contributed by atoms with Gasteiger partial charge in [0, 0.05) is 26.7 Å². The number of hydrogen-bond acceptors (Lipinski definition) is 4. The van der Waals surface area contributed by atoms with E-state index < -0.39 is 0 Å². The first kappa shape index (κ1) is 13.6. The summed E-state index contributed by atoms with van der Waals surface area (Å²) in [5.74, 6) is 1.68. The molecule has 1 aromatic heterocycles. The Kier molecular flexibility index (Phi) is 5.23. The van der Waals surface area contributed by atoms with Crippen molar-refractivity contribution in [2.45, 2.75) is 26.0 Å². The number of rotatable bonds is 6. The fraction of sp³-hybridized carbons (Fsp3) is 0.714. The van der Waals surface area contributed by atoms with E-state index in [9.17, 15) is 0 Å². The van der Waals surface area contributed by atoms with Gasteiger partial charge < -0.3 is 14.5 Å². The van der Waals surface area contributed by atoms with Gasteiger partial charge in [-0.1, -0.05) is 6.92 Å². The Morgan fingerprint density at radius 3 is 3.17 bits per heavy atom. The van der Waals surface area contributed by atoms with Crippen LogP contribution in [0.5, 0.6) is 0 Å². The molecule has 18 heavy (non-hydrogen) atoms. The Balaban J connectivity index is 1.62. The Hall–Kier alpha value is -0.840. The average Bonchev–Trinajstić information content (AvgIpc) is 2.89. The van der Waals surface area contributed by atoms with E-state index in [2.05, 4.69) is 17.1 Å². The molecule has 0 aliphatic carbocycles. The van der Waals surface area contributed by atoms with Gasteiger partial charge in [-0.05, 0) is 31.0 Å². The highest BCUT2D eigenvalue weighted by Crippen LogP contribution is 2.18. The van der Waals surface area contributed by atoms with Gasteiger partial charge in [0.25, 0.3) is 0 Å². The van der Waals surface area contributed by atoms with Crippen molar-refractivity contribution in [1.29, 1.82) is 0 Å². The number of methoxy groups -OCH3 is 1. The van der Waals surface area contributed by atoms with Crippen molar-refractivity contribution in [3.8, 4) is 0 Å². The van der Waals surface area contributed by atoms with Crippen molar-refractivity contribution in [2.24, 2.45) is 5.92 Å². The number of ether oxygens (including phenoxy) is 1. The van der Waals surface area contributed by atoms with Crippen molar-refractivity contribution in [2.75, 3.05) is 33.3 Å². The molecule has 4 nitrogen and oxygen atoms in total. The number of likely N-dealkylation sites (tertiary alicyclic amines) is 1. The van der Waals surface area contributed by atoms with Gasteiger partial charge in [-0.2, -0.15) is 0 Å². The van der Waals surface area contributed by atoms with Gasteiger partial charge in [-0.25, -0.2) is 0 Å². The minimum atomic E-state index is 0.392. The molecule has 1 aliphatic rings. The molecule has 1 N–H and O–H groups in total. The molecule has 1 saturated heterocycles. The minimum Gasteiger partial charge on any atom is -0.468 e. The van der Waals surface area contributed by atoms with Crippen molar-refractivity contribution in [1.82, 2.24) is 10.2 Å². The summed E-state index contributed by atoms with van der Waals surface area (Å²) in [7, 11) is 1.82. The maximum atomic E-state index is 5.52. The molecule has 0 saturated carbocycles. The summed E-state index contributed by atoms with van der Waals surface area (Å²) >= 11 is 0. The van der Waals surface area contributed by atoms with Gasteiger partial charge in [0.05, 0.1) is 18.9 Å². The molecule has 1 fully saturated rings. The zero-order chi connectivity index (χ0) is 12.8. The highest BCUT2D eigenvalue weighted by molar-refractivity contribution is 4.97. The molecule has 0 radical (unpaired) electrons. The predicted octanol–water partition coefficient (Wildman–Crippen LogP) is 1.73. The van der Waals surface area contributed by atoms with E-state index in [-0.39, 0.29) is 0 Å². The molecule has 0 spiro atoms. The van der Waals surface area contributed by atoms with E-state index in [4.69, 9.17) is 9.15 Å². The Morgan fingerprint density at radius 2 is 2.44 bits per heavy atom. The lowest BCUT2D eigenvalue weighted by Gasteiger charge is -2.36. The largest absolute Gasteiger partial charge is 0.468 e. The number of hydrogen-bond donors (Lipinski definition) is 1. The fourth-order valence-electron chi connectivity index (χ4n) is 2.47. The van der Waals surface area contributed by atoms with Crippen LogP contribution < -0.4 is 5.32 Å². The van der Waals surface area contributed by atoms with Crippen LogP contribution in [0.25, 0.3) is 0 Å². The van der Waals surface area contributed by atoms with Gasteiger partial charge >= 0.3 is 0 Å². The van der Waals surface area contributed by atoms with E-state index in [0.717, 1.165) is 31.9 Å². The van der Waals surface area contributed by atoms with Crippen molar-refractivity contribution in [3.05, 3.63) is 24.2 Å². The van der Waals surface area contributed by atoms with Gasteiger partial charge in [0.15, 0.2) is 0 Å². The van der Waals surface area contributed by atoms with E-state index in [1.54, 1.807) is 6.26 Å². The molecule has 4 heteroatoms. The summed E-state index contributed by atoms with van der Waals surface area (Å²) in [6.45, 7) is 7.40. The first-order chi connectivity index (χ1) is 8.79. The molecule has 0 bridgehead atoms. The monoisotopic (exact) mass is 252 g/mol. The molecule has 2 atom stereocenters. The smallest absolute Gasteiger partial charge is 0.117 e. The first-order valence-electron chi connectivity index (χ1n) is 6.78. The number of piperidine rings is 1. The summed E-state index contributed by atoms with van der Waals surface area (Å²) in [6.07, 6.45) is 3.34. The molecule has 0 amide bonds. The zero-order valence-corrected chi connectivity index (χ0v) is 11.4. The van der Waals surface area contributed by atoms with Crippen LogP contribution in [0, 0.1) is 5.92 Å². The van der Waals surface area contributed by atoms with Crippen LogP contribution in [0.3, 0.4) is 0 Å². The normalized spacial score (nSPS) is 25.4. The summed E-state index contributed by atoms with van der Waals surface area (Å²) in [5, 5.41) is 3.40. The standard InChI is InChI=1S/C14H24N2O2/c1-12-5-7-16(11-14(12)17-2)8-6-15-10-13-4-3-9-18-13/h3-4,9,12,14-15H,5-8,10-11H2,1-2H3. The summed E-state index contributed by atoms with van der Waals surface area (Å²) in [6, 6.07) is 3.92. The Bertz CT molecular complexity index is 327. The molecule has 0 aromatic carbocycles. The van der Waals surface area contributed by atoms with E-state index in [1.807, 2.05) is 19.2 Å². The number of nitrogens with zero attached hydrogens (tertiary/aromatic N) is 1. The SMILES string of the molecule is COC1CN(CCNCc2ccco2)CCC1C. The molecular formula is C14H24N2O2. The number of furan rings is 1. The van der Waals surface area contributed by atoms with Crippen LogP contribution in [0.15, 0.2) is 22.8 Å². The minimum absolute atomic E-state index is 0.392. The molecule has 1 aliphatic heterocycles. The molecule has 102 valence electrons. The number of nitrogens with one attached hydrogen (secondary N) is 1. The van der Waals surface area contributed by atoms with Crippen LogP contribution in [-0.2, 0) is 11.3 Å². The quantitative estimate of drug-likeness (QED) is 0.782. The van der Waals surface area contributed by atoms with Crippen LogP contribution in [0.1, 0.15) is 19.1 Å². The third kappa shape index (κ3) is 3.83.